The molecule has 8 heteroatoms. The highest BCUT2D eigenvalue weighted by Crippen LogP contribution is 2.26. The number of aromatic nitrogens is 1. The number of piperazine rings is 1. The monoisotopic (exact) mass is 453 g/mol. The Balaban J connectivity index is 0.00000150. The van der Waals surface area contributed by atoms with Gasteiger partial charge in [-0.25, -0.2) is 4.98 Å². The van der Waals surface area contributed by atoms with Gasteiger partial charge in [-0.05, 0) is 29.0 Å². The summed E-state index contributed by atoms with van der Waals surface area (Å²) in [6.45, 7) is 4.44. The summed E-state index contributed by atoms with van der Waals surface area (Å²) in [5.41, 5.74) is 3.17. The van der Waals surface area contributed by atoms with Crippen LogP contribution in [-0.2, 0) is 17.6 Å². The predicted octanol–water partition coefficient (Wildman–Crippen LogP) is 4.52. The standard InChI is InChI=1S/C21H23N3O2S.2ClH/c1-2-15-5-7-16(8-6-15)18-13-22-9-10-24(18)20(25)12-17-14-26-21(23-17)19-4-3-11-27-19;;/h3-8,11,14,18,22H,2,9-10,12-13H2,1H3;2*1H. The molecule has 0 radical (unpaired) electrons. The quantitative estimate of drug-likeness (QED) is 0.616. The molecule has 0 bridgehead atoms. The van der Waals surface area contributed by atoms with Gasteiger partial charge >= 0.3 is 0 Å². The van der Waals surface area contributed by atoms with E-state index in [4.69, 9.17) is 4.42 Å². The molecular weight excluding hydrogens is 429 g/mol. The van der Waals surface area contributed by atoms with Crippen molar-refractivity contribution in [3.8, 4) is 10.8 Å². The molecule has 2 aromatic heterocycles. The van der Waals surface area contributed by atoms with E-state index < -0.39 is 0 Å². The number of halogens is 2. The number of aryl methyl sites for hydroxylation is 1. The van der Waals surface area contributed by atoms with Crippen molar-refractivity contribution in [2.75, 3.05) is 19.6 Å². The maximum Gasteiger partial charge on any atom is 0.236 e. The number of oxazole rings is 1. The average molecular weight is 454 g/mol. The van der Waals surface area contributed by atoms with Gasteiger partial charge in [0.1, 0.15) is 6.26 Å². The molecule has 1 aliphatic rings. The SMILES string of the molecule is CCc1ccc(C2CNCCN2C(=O)Cc2coc(-c3cccs3)n2)cc1.Cl.Cl. The van der Waals surface area contributed by atoms with E-state index in [1.807, 2.05) is 22.4 Å². The van der Waals surface area contributed by atoms with Gasteiger partial charge in [-0.3, -0.25) is 4.79 Å². The van der Waals surface area contributed by atoms with Crippen molar-refractivity contribution >= 4 is 42.1 Å². The molecule has 1 aliphatic heterocycles. The lowest BCUT2D eigenvalue weighted by molar-refractivity contribution is -0.133. The lowest BCUT2D eigenvalue weighted by Crippen LogP contribution is -2.49. The molecule has 5 nitrogen and oxygen atoms in total. The second kappa shape index (κ2) is 10.8. The van der Waals surface area contributed by atoms with Crippen LogP contribution in [0.4, 0.5) is 0 Å². The highest BCUT2D eigenvalue weighted by atomic mass is 35.5. The number of hydrogen-bond acceptors (Lipinski definition) is 5. The van der Waals surface area contributed by atoms with Crippen LogP contribution in [0.1, 0.15) is 29.8 Å². The second-order valence-corrected chi connectivity index (χ2v) is 7.65. The Hall–Kier alpha value is -1.86. The summed E-state index contributed by atoms with van der Waals surface area (Å²) >= 11 is 1.58. The van der Waals surface area contributed by atoms with Gasteiger partial charge in [-0.1, -0.05) is 37.3 Å². The lowest BCUT2D eigenvalue weighted by Gasteiger charge is -2.36. The molecule has 1 amide bonds. The first-order valence-electron chi connectivity index (χ1n) is 9.32. The molecule has 29 heavy (non-hydrogen) atoms. The van der Waals surface area contributed by atoms with Gasteiger partial charge in [0.2, 0.25) is 11.8 Å². The van der Waals surface area contributed by atoms with Crippen LogP contribution in [0.2, 0.25) is 0 Å². The molecule has 1 atom stereocenters. The van der Waals surface area contributed by atoms with Gasteiger partial charge < -0.3 is 14.6 Å². The smallest absolute Gasteiger partial charge is 0.236 e. The molecule has 1 fully saturated rings. The van der Waals surface area contributed by atoms with E-state index in [1.54, 1.807) is 17.6 Å². The molecule has 156 valence electrons. The van der Waals surface area contributed by atoms with E-state index in [2.05, 4.69) is 41.5 Å². The van der Waals surface area contributed by atoms with E-state index in [9.17, 15) is 4.79 Å². The van der Waals surface area contributed by atoms with Crippen molar-refractivity contribution in [3.63, 3.8) is 0 Å². The zero-order chi connectivity index (χ0) is 18.6. The van der Waals surface area contributed by atoms with Crippen molar-refractivity contribution in [3.05, 3.63) is 64.9 Å². The first-order valence-corrected chi connectivity index (χ1v) is 10.2. The van der Waals surface area contributed by atoms with Gasteiger partial charge in [0.05, 0.1) is 23.0 Å². The minimum absolute atomic E-state index is 0. The normalized spacial score (nSPS) is 16.0. The summed E-state index contributed by atoms with van der Waals surface area (Å²) in [5.74, 6) is 0.673. The Labute approximate surface area is 187 Å². The highest BCUT2D eigenvalue weighted by Gasteiger charge is 2.28. The summed E-state index contributed by atoms with van der Waals surface area (Å²) in [6.07, 6.45) is 2.88. The number of amides is 1. The minimum Gasteiger partial charge on any atom is -0.444 e. The maximum absolute atomic E-state index is 13.0. The third-order valence-corrected chi connectivity index (χ3v) is 5.81. The zero-order valence-electron chi connectivity index (χ0n) is 16.2. The second-order valence-electron chi connectivity index (χ2n) is 6.70. The average Bonchev–Trinajstić information content (AvgIpc) is 3.40. The number of thiophene rings is 1. The topological polar surface area (TPSA) is 58.4 Å². The number of benzene rings is 1. The molecule has 1 N–H and O–H groups in total. The first-order chi connectivity index (χ1) is 13.2. The van der Waals surface area contributed by atoms with Crippen molar-refractivity contribution in [1.82, 2.24) is 15.2 Å². The van der Waals surface area contributed by atoms with Crippen LogP contribution in [0, 0.1) is 0 Å². The van der Waals surface area contributed by atoms with Crippen molar-refractivity contribution in [2.45, 2.75) is 25.8 Å². The number of carbonyl (C=O) groups is 1. The van der Waals surface area contributed by atoms with Crippen molar-refractivity contribution in [1.29, 1.82) is 0 Å². The van der Waals surface area contributed by atoms with Crippen LogP contribution in [0.5, 0.6) is 0 Å². The molecule has 0 spiro atoms. The number of nitrogens with one attached hydrogen (secondary N) is 1. The van der Waals surface area contributed by atoms with Crippen LogP contribution in [0.3, 0.4) is 0 Å². The summed E-state index contributed by atoms with van der Waals surface area (Å²) in [7, 11) is 0. The summed E-state index contributed by atoms with van der Waals surface area (Å²) in [4.78, 5) is 20.4. The third-order valence-electron chi connectivity index (χ3n) is 4.95. The fourth-order valence-corrected chi connectivity index (χ4v) is 4.09. The van der Waals surface area contributed by atoms with Gasteiger partial charge in [-0.2, -0.15) is 0 Å². The van der Waals surface area contributed by atoms with Gasteiger partial charge in [0.25, 0.3) is 0 Å². The Morgan fingerprint density at radius 1 is 1.28 bits per heavy atom. The minimum atomic E-state index is 0. The molecule has 3 aromatic rings. The molecule has 0 aliphatic carbocycles. The summed E-state index contributed by atoms with van der Waals surface area (Å²) in [6, 6.07) is 12.6. The number of carbonyl (C=O) groups excluding carboxylic acids is 1. The summed E-state index contributed by atoms with van der Waals surface area (Å²) in [5, 5.41) is 5.39. The molecule has 4 rings (SSSR count). The third kappa shape index (κ3) is 5.39. The maximum atomic E-state index is 13.0. The zero-order valence-corrected chi connectivity index (χ0v) is 18.6. The molecule has 3 heterocycles. The van der Waals surface area contributed by atoms with Crippen LogP contribution in [0.15, 0.2) is 52.5 Å². The van der Waals surface area contributed by atoms with Crippen LogP contribution in [-0.4, -0.2) is 35.4 Å². The highest BCUT2D eigenvalue weighted by molar-refractivity contribution is 7.13. The van der Waals surface area contributed by atoms with E-state index in [0.29, 0.717) is 18.1 Å². The van der Waals surface area contributed by atoms with Gasteiger partial charge in [-0.15, -0.1) is 36.2 Å². The molecular formula is C21H25Cl2N3O2S. The molecule has 1 aromatic carbocycles. The fraction of sp³-hybridized carbons (Fsp3) is 0.333. The molecule has 1 saturated heterocycles. The Kier molecular flexibility index (Phi) is 8.71. The Bertz CT molecular complexity index is 897. The lowest BCUT2D eigenvalue weighted by atomic mass is 10.0. The number of hydrogen-bond donors (Lipinski definition) is 1. The first kappa shape index (κ1) is 23.4. The van der Waals surface area contributed by atoms with Crippen molar-refractivity contribution in [2.24, 2.45) is 0 Å². The number of nitrogens with zero attached hydrogens (tertiary/aromatic N) is 2. The van der Waals surface area contributed by atoms with E-state index in [1.165, 1.54) is 11.1 Å². The van der Waals surface area contributed by atoms with E-state index >= 15 is 0 Å². The van der Waals surface area contributed by atoms with Crippen molar-refractivity contribution < 1.29 is 9.21 Å². The van der Waals surface area contributed by atoms with Gasteiger partial charge in [0, 0.05) is 19.6 Å². The largest absolute Gasteiger partial charge is 0.444 e. The van der Waals surface area contributed by atoms with Gasteiger partial charge in [0.15, 0.2) is 0 Å². The molecule has 0 saturated carbocycles. The predicted molar refractivity (Wildman–Crippen MR) is 121 cm³/mol. The number of rotatable bonds is 5. The van der Waals surface area contributed by atoms with Crippen LogP contribution in [0.25, 0.3) is 10.8 Å². The van der Waals surface area contributed by atoms with Crippen LogP contribution >= 0.6 is 36.2 Å². The summed E-state index contributed by atoms with van der Waals surface area (Å²) < 4.78 is 5.55. The Morgan fingerprint density at radius 2 is 2.07 bits per heavy atom. The Morgan fingerprint density at radius 3 is 2.76 bits per heavy atom. The van der Waals surface area contributed by atoms with E-state index in [-0.39, 0.29) is 43.2 Å². The fourth-order valence-electron chi connectivity index (χ4n) is 3.43. The van der Waals surface area contributed by atoms with E-state index in [0.717, 1.165) is 24.4 Å². The van der Waals surface area contributed by atoms with Crippen LogP contribution < -0.4 is 5.32 Å². The molecule has 1 unspecified atom stereocenters.